The lowest BCUT2D eigenvalue weighted by molar-refractivity contribution is 0.265. The zero-order valence-corrected chi connectivity index (χ0v) is 9.07. The van der Waals surface area contributed by atoms with E-state index in [0.29, 0.717) is 6.42 Å². The summed E-state index contributed by atoms with van der Waals surface area (Å²) in [4.78, 5) is 1.90. The van der Waals surface area contributed by atoms with E-state index < -0.39 is 0 Å². The molecular weight excluding hydrogens is 195 g/mol. The Labute approximate surface area is 89.3 Å². The third-order valence-corrected chi connectivity index (χ3v) is 2.24. The third-order valence-electron chi connectivity index (χ3n) is 2.24. The molecule has 0 amide bonds. The van der Waals surface area contributed by atoms with Gasteiger partial charge in [0.25, 0.3) is 0 Å². The topological polar surface area (TPSA) is 49.5 Å². The van der Waals surface area contributed by atoms with Crippen molar-refractivity contribution in [3.8, 4) is 0 Å². The lowest BCUT2D eigenvalue weighted by atomic mass is 10.0. The fourth-order valence-electron chi connectivity index (χ4n) is 1.50. The molecule has 4 heteroatoms. The maximum absolute atomic E-state index is 13.0. The van der Waals surface area contributed by atoms with E-state index in [4.69, 9.17) is 10.8 Å². The van der Waals surface area contributed by atoms with Crippen molar-refractivity contribution in [3.05, 3.63) is 29.6 Å². The molecule has 0 aliphatic carbocycles. The van der Waals surface area contributed by atoms with Gasteiger partial charge in [0.15, 0.2) is 0 Å². The summed E-state index contributed by atoms with van der Waals surface area (Å²) < 4.78 is 13.0. The van der Waals surface area contributed by atoms with Crippen LogP contribution in [0, 0.1) is 5.82 Å². The molecule has 3 nitrogen and oxygen atoms in total. The van der Waals surface area contributed by atoms with Crippen LogP contribution in [-0.4, -0.2) is 31.9 Å². The molecule has 0 heterocycles. The Bertz CT molecular complexity index is 328. The molecule has 1 aromatic carbocycles. The summed E-state index contributed by atoms with van der Waals surface area (Å²) in [5, 5.41) is 8.86. The minimum atomic E-state index is -0.342. The summed E-state index contributed by atoms with van der Waals surface area (Å²) in [5.41, 5.74) is 7.38. The highest BCUT2D eigenvalue weighted by molar-refractivity contribution is 5.53. The zero-order valence-electron chi connectivity index (χ0n) is 9.07. The Morgan fingerprint density at radius 3 is 2.67 bits per heavy atom. The summed E-state index contributed by atoms with van der Waals surface area (Å²) >= 11 is 0. The van der Waals surface area contributed by atoms with Gasteiger partial charge in [-0.15, -0.1) is 0 Å². The first-order valence-corrected chi connectivity index (χ1v) is 4.86. The second-order valence-corrected chi connectivity index (χ2v) is 3.81. The van der Waals surface area contributed by atoms with Gasteiger partial charge in [0.05, 0.1) is 6.61 Å². The Hall–Kier alpha value is -1.13. The van der Waals surface area contributed by atoms with Crippen molar-refractivity contribution in [2.24, 2.45) is 5.73 Å². The van der Waals surface area contributed by atoms with E-state index in [9.17, 15) is 4.39 Å². The molecule has 0 bridgehead atoms. The quantitative estimate of drug-likeness (QED) is 0.774. The van der Waals surface area contributed by atoms with Gasteiger partial charge in [-0.2, -0.15) is 0 Å². The molecule has 0 fully saturated rings. The van der Waals surface area contributed by atoms with Gasteiger partial charge in [-0.05, 0) is 30.2 Å². The second-order valence-electron chi connectivity index (χ2n) is 3.81. The summed E-state index contributed by atoms with van der Waals surface area (Å²) in [6, 6.07) is 4.26. The maximum Gasteiger partial charge on any atom is 0.123 e. The minimum Gasteiger partial charge on any atom is -0.395 e. The summed E-state index contributed by atoms with van der Waals surface area (Å²) in [6.45, 7) is -0.0939. The number of aliphatic hydroxyl groups excluding tert-OH is 1. The Kier molecular flexibility index (Phi) is 4.05. The molecule has 1 atom stereocenters. The largest absolute Gasteiger partial charge is 0.395 e. The lowest BCUT2D eigenvalue weighted by Crippen LogP contribution is -2.27. The molecule has 0 aliphatic heterocycles. The van der Waals surface area contributed by atoms with Crippen LogP contribution in [0.2, 0.25) is 0 Å². The normalized spacial score (nSPS) is 12.6. The molecule has 0 radical (unpaired) electrons. The number of hydrogen-bond acceptors (Lipinski definition) is 3. The zero-order chi connectivity index (χ0) is 11.4. The van der Waals surface area contributed by atoms with E-state index in [2.05, 4.69) is 0 Å². The smallest absolute Gasteiger partial charge is 0.123 e. The highest BCUT2D eigenvalue weighted by Crippen LogP contribution is 2.20. The average molecular weight is 212 g/mol. The molecule has 3 N–H and O–H groups in total. The first kappa shape index (κ1) is 11.9. The molecule has 1 unspecified atom stereocenters. The number of anilines is 1. The monoisotopic (exact) mass is 212 g/mol. The molecule has 15 heavy (non-hydrogen) atoms. The summed E-state index contributed by atoms with van der Waals surface area (Å²) in [5.74, 6) is -0.277. The fourth-order valence-corrected chi connectivity index (χ4v) is 1.50. The van der Waals surface area contributed by atoms with Crippen molar-refractivity contribution in [1.82, 2.24) is 0 Å². The number of benzene rings is 1. The van der Waals surface area contributed by atoms with Crippen LogP contribution >= 0.6 is 0 Å². The van der Waals surface area contributed by atoms with Crippen molar-refractivity contribution in [2.75, 3.05) is 25.6 Å². The third kappa shape index (κ3) is 3.18. The highest BCUT2D eigenvalue weighted by atomic mass is 19.1. The number of rotatable bonds is 4. The van der Waals surface area contributed by atoms with Crippen LogP contribution in [0.4, 0.5) is 10.1 Å². The first-order chi connectivity index (χ1) is 7.04. The van der Waals surface area contributed by atoms with Crippen molar-refractivity contribution in [2.45, 2.75) is 12.5 Å². The van der Waals surface area contributed by atoms with E-state index in [1.807, 2.05) is 19.0 Å². The molecule has 0 aromatic heterocycles. The van der Waals surface area contributed by atoms with Gasteiger partial charge in [-0.25, -0.2) is 4.39 Å². The highest BCUT2D eigenvalue weighted by Gasteiger charge is 2.09. The van der Waals surface area contributed by atoms with Crippen molar-refractivity contribution >= 4 is 5.69 Å². The molecule has 1 aromatic rings. The molecule has 0 spiro atoms. The van der Waals surface area contributed by atoms with Gasteiger partial charge in [0.2, 0.25) is 0 Å². The Morgan fingerprint density at radius 2 is 2.13 bits per heavy atom. The van der Waals surface area contributed by atoms with Gasteiger partial charge >= 0.3 is 0 Å². The SMILES string of the molecule is CN(C)c1ccc(F)cc1CC(N)CO. The number of aliphatic hydroxyl groups is 1. The molecular formula is C11H17FN2O. The van der Waals surface area contributed by atoms with E-state index in [1.54, 1.807) is 6.07 Å². The molecule has 1 rings (SSSR count). The van der Waals surface area contributed by atoms with E-state index in [1.165, 1.54) is 12.1 Å². The molecule has 0 saturated carbocycles. The fraction of sp³-hybridized carbons (Fsp3) is 0.455. The average Bonchev–Trinajstić information content (AvgIpc) is 2.17. The number of nitrogens with zero attached hydrogens (tertiary/aromatic N) is 1. The van der Waals surface area contributed by atoms with Gasteiger partial charge in [-0.3, -0.25) is 0 Å². The van der Waals surface area contributed by atoms with Gasteiger partial charge in [0.1, 0.15) is 5.82 Å². The van der Waals surface area contributed by atoms with Crippen LogP contribution in [0.25, 0.3) is 0 Å². The van der Waals surface area contributed by atoms with Crippen LogP contribution in [0.5, 0.6) is 0 Å². The number of halogens is 1. The van der Waals surface area contributed by atoms with E-state index in [-0.39, 0.29) is 18.5 Å². The predicted octanol–water partition coefficient (Wildman–Crippen LogP) is 0.754. The van der Waals surface area contributed by atoms with Crippen molar-refractivity contribution in [1.29, 1.82) is 0 Å². The van der Waals surface area contributed by atoms with Crippen molar-refractivity contribution < 1.29 is 9.50 Å². The molecule has 0 aliphatic rings. The molecule has 84 valence electrons. The van der Waals surface area contributed by atoms with Gasteiger partial charge in [0, 0.05) is 25.8 Å². The van der Waals surface area contributed by atoms with Crippen LogP contribution in [0.1, 0.15) is 5.56 Å². The standard InChI is InChI=1S/C11H17FN2O/c1-14(2)11-4-3-9(12)5-8(11)6-10(13)7-15/h3-5,10,15H,6-7,13H2,1-2H3. The lowest BCUT2D eigenvalue weighted by Gasteiger charge is -2.19. The summed E-state index contributed by atoms with van der Waals surface area (Å²) in [7, 11) is 3.78. The van der Waals surface area contributed by atoms with Crippen LogP contribution in [0.3, 0.4) is 0 Å². The van der Waals surface area contributed by atoms with Gasteiger partial charge < -0.3 is 15.7 Å². The summed E-state index contributed by atoms with van der Waals surface area (Å²) in [6.07, 6.45) is 0.474. The number of nitrogens with two attached hydrogens (primary N) is 1. The number of hydrogen-bond donors (Lipinski definition) is 2. The van der Waals surface area contributed by atoms with Crippen LogP contribution < -0.4 is 10.6 Å². The van der Waals surface area contributed by atoms with Crippen molar-refractivity contribution in [3.63, 3.8) is 0 Å². The predicted molar refractivity (Wildman–Crippen MR) is 59.5 cm³/mol. The minimum absolute atomic E-state index is 0.0939. The Morgan fingerprint density at radius 1 is 1.47 bits per heavy atom. The first-order valence-electron chi connectivity index (χ1n) is 4.86. The second kappa shape index (κ2) is 5.09. The maximum atomic E-state index is 13.0. The van der Waals surface area contributed by atoms with Crippen LogP contribution in [-0.2, 0) is 6.42 Å². The van der Waals surface area contributed by atoms with E-state index >= 15 is 0 Å². The Balaban J connectivity index is 2.96. The van der Waals surface area contributed by atoms with Gasteiger partial charge in [-0.1, -0.05) is 0 Å². The van der Waals surface area contributed by atoms with Crippen LogP contribution in [0.15, 0.2) is 18.2 Å². The molecule has 0 saturated heterocycles. The van der Waals surface area contributed by atoms with E-state index in [0.717, 1.165) is 11.3 Å².